The van der Waals surface area contributed by atoms with E-state index in [2.05, 4.69) is 51.2 Å². The van der Waals surface area contributed by atoms with Gasteiger partial charge in [0.15, 0.2) is 0 Å². The molecule has 2 fully saturated rings. The molecule has 2 aromatic rings. The maximum atomic E-state index is 12.2. The molecule has 1 aromatic carbocycles. The lowest BCUT2D eigenvalue weighted by Gasteiger charge is -2.29. The highest BCUT2D eigenvalue weighted by Gasteiger charge is 2.48. The summed E-state index contributed by atoms with van der Waals surface area (Å²) in [4.78, 5) is 23.4. The van der Waals surface area contributed by atoms with Gasteiger partial charge in [-0.3, -0.25) is 9.69 Å². The molecule has 1 aromatic heterocycles. The molecule has 0 saturated carbocycles. The van der Waals surface area contributed by atoms with Gasteiger partial charge in [-0.25, -0.2) is 4.98 Å². The van der Waals surface area contributed by atoms with Gasteiger partial charge in [0.05, 0.1) is 6.04 Å². The molecule has 5 heteroatoms. The summed E-state index contributed by atoms with van der Waals surface area (Å²) in [6, 6.07) is 15.0. The van der Waals surface area contributed by atoms with Crippen molar-refractivity contribution in [1.82, 2.24) is 14.8 Å². The zero-order valence-electron chi connectivity index (χ0n) is 16.4. The number of aromatic nitrogens is 1. The molecule has 1 amide bonds. The number of rotatable bonds is 4. The number of carbonyl (C=O) groups excluding carboxylic acids is 1. The monoisotopic (exact) mass is 364 g/mol. The molecule has 0 radical (unpaired) electrons. The summed E-state index contributed by atoms with van der Waals surface area (Å²) in [5, 5.41) is 0. The van der Waals surface area contributed by atoms with E-state index in [1.807, 2.05) is 31.3 Å². The van der Waals surface area contributed by atoms with Gasteiger partial charge in [0.1, 0.15) is 5.82 Å². The van der Waals surface area contributed by atoms with Gasteiger partial charge in [0, 0.05) is 59.3 Å². The van der Waals surface area contributed by atoms with Crippen LogP contribution in [-0.2, 0) is 11.3 Å². The Labute approximate surface area is 161 Å². The number of hydrogen-bond donors (Lipinski definition) is 0. The normalized spacial score (nSPS) is 24.9. The Morgan fingerprint density at radius 3 is 2.52 bits per heavy atom. The molecule has 3 heterocycles. The zero-order valence-corrected chi connectivity index (χ0v) is 16.4. The van der Waals surface area contributed by atoms with Crippen LogP contribution in [0, 0.1) is 11.8 Å². The van der Waals surface area contributed by atoms with E-state index in [0.29, 0.717) is 11.8 Å². The lowest BCUT2D eigenvalue weighted by atomic mass is 9.89. The van der Waals surface area contributed by atoms with Crippen LogP contribution in [0.4, 0.5) is 5.82 Å². The van der Waals surface area contributed by atoms with Crippen molar-refractivity contribution in [3.63, 3.8) is 0 Å². The summed E-state index contributed by atoms with van der Waals surface area (Å²) in [5.74, 6) is 2.23. The number of nitrogens with zero attached hydrogens (tertiary/aromatic N) is 4. The lowest BCUT2D eigenvalue weighted by Crippen LogP contribution is -2.34. The Kier molecular flexibility index (Phi) is 4.87. The van der Waals surface area contributed by atoms with Crippen LogP contribution in [0.2, 0.25) is 0 Å². The fourth-order valence-corrected chi connectivity index (χ4v) is 4.70. The predicted octanol–water partition coefficient (Wildman–Crippen LogP) is 2.80. The number of carbonyl (C=O) groups is 1. The first-order chi connectivity index (χ1) is 13.0. The van der Waals surface area contributed by atoms with E-state index in [9.17, 15) is 4.79 Å². The number of likely N-dealkylation sites (tertiary alicyclic amines) is 2. The van der Waals surface area contributed by atoms with E-state index in [1.165, 1.54) is 11.1 Å². The van der Waals surface area contributed by atoms with E-state index in [0.717, 1.165) is 32.0 Å². The molecule has 2 aliphatic rings. The van der Waals surface area contributed by atoms with Gasteiger partial charge < -0.3 is 9.80 Å². The van der Waals surface area contributed by atoms with Crippen LogP contribution in [0.3, 0.4) is 0 Å². The molecule has 27 heavy (non-hydrogen) atoms. The largest absolute Gasteiger partial charge is 0.363 e. The second-order valence-electron chi connectivity index (χ2n) is 8.06. The standard InChI is InChI=1S/C22H28N4O/c1-16(27)26-14-19-13-25(12-17-9-10-21(23-11-17)24(2)3)15-20(19)22(26)18-7-5-4-6-8-18/h4-11,19-20,22H,12-15H2,1-3H3/t19-,20-,22+/m1/s1. The van der Waals surface area contributed by atoms with Gasteiger partial charge in [0.25, 0.3) is 0 Å². The van der Waals surface area contributed by atoms with Crippen molar-refractivity contribution in [3.8, 4) is 0 Å². The average molecular weight is 364 g/mol. The number of anilines is 1. The van der Waals surface area contributed by atoms with E-state index in [1.54, 1.807) is 6.92 Å². The Morgan fingerprint density at radius 1 is 1.11 bits per heavy atom. The van der Waals surface area contributed by atoms with Crippen molar-refractivity contribution in [1.29, 1.82) is 0 Å². The minimum absolute atomic E-state index is 0.188. The summed E-state index contributed by atoms with van der Waals surface area (Å²) < 4.78 is 0. The zero-order chi connectivity index (χ0) is 19.0. The highest BCUT2D eigenvalue weighted by molar-refractivity contribution is 5.74. The quantitative estimate of drug-likeness (QED) is 0.836. The first-order valence-corrected chi connectivity index (χ1v) is 9.69. The van der Waals surface area contributed by atoms with E-state index < -0.39 is 0 Å². The van der Waals surface area contributed by atoms with Crippen molar-refractivity contribution in [2.75, 3.05) is 38.6 Å². The molecule has 2 saturated heterocycles. The predicted molar refractivity (Wildman–Crippen MR) is 107 cm³/mol. The van der Waals surface area contributed by atoms with Crippen molar-refractivity contribution in [2.24, 2.45) is 11.8 Å². The van der Waals surface area contributed by atoms with E-state index in [4.69, 9.17) is 0 Å². The molecular weight excluding hydrogens is 336 g/mol. The summed E-state index contributed by atoms with van der Waals surface area (Å²) in [7, 11) is 4.02. The molecule has 5 nitrogen and oxygen atoms in total. The SMILES string of the molecule is CC(=O)N1C[C@H]2CN(Cc3ccc(N(C)C)nc3)C[C@H]2[C@@H]1c1ccccc1. The topological polar surface area (TPSA) is 39.7 Å². The molecule has 2 aliphatic heterocycles. The van der Waals surface area contributed by atoms with E-state index in [-0.39, 0.29) is 11.9 Å². The maximum Gasteiger partial charge on any atom is 0.219 e. The van der Waals surface area contributed by atoms with Gasteiger partial charge in [0.2, 0.25) is 5.91 Å². The molecular formula is C22H28N4O. The second-order valence-corrected chi connectivity index (χ2v) is 8.06. The Morgan fingerprint density at radius 2 is 1.89 bits per heavy atom. The number of benzene rings is 1. The number of amides is 1. The second kappa shape index (κ2) is 7.31. The highest BCUT2D eigenvalue weighted by atomic mass is 16.2. The van der Waals surface area contributed by atoms with Crippen molar-refractivity contribution in [3.05, 3.63) is 59.8 Å². The van der Waals surface area contributed by atoms with Crippen LogP contribution in [0.5, 0.6) is 0 Å². The number of fused-ring (bicyclic) bond motifs is 1. The molecule has 0 spiro atoms. The maximum absolute atomic E-state index is 12.2. The van der Waals surface area contributed by atoms with E-state index >= 15 is 0 Å². The van der Waals surface area contributed by atoms with Gasteiger partial charge in [-0.15, -0.1) is 0 Å². The highest BCUT2D eigenvalue weighted by Crippen LogP contribution is 2.45. The third-order valence-corrected chi connectivity index (χ3v) is 5.96. The van der Waals surface area contributed by atoms with Gasteiger partial charge in [-0.05, 0) is 23.1 Å². The van der Waals surface area contributed by atoms with Crippen LogP contribution in [-0.4, -0.2) is 54.4 Å². The summed E-state index contributed by atoms with van der Waals surface area (Å²) >= 11 is 0. The summed E-state index contributed by atoms with van der Waals surface area (Å²) in [6.45, 7) is 5.58. The third-order valence-electron chi connectivity index (χ3n) is 5.96. The molecule has 0 aliphatic carbocycles. The summed E-state index contributed by atoms with van der Waals surface area (Å²) in [5.41, 5.74) is 2.51. The molecule has 142 valence electrons. The Balaban J connectivity index is 1.48. The van der Waals surface area contributed by atoms with Crippen molar-refractivity contribution >= 4 is 11.7 Å². The average Bonchev–Trinajstić information content (AvgIpc) is 3.20. The Bertz CT molecular complexity index is 790. The fourth-order valence-electron chi connectivity index (χ4n) is 4.70. The van der Waals surface area contributed by atoms with Crippen LogP contribution < -0.4 is 4.90 Å². The van der Waals surface area contributed by atoms with Crippen LogP contribution in [0.25, 0.3) is 0 Å². The molecule has 3 atom stereocenters. The summed E-state index contributed by atoms with van der Waals surface area (Å²) in [6.07, 6.45) is 1.99. The molecule has 0 N–H and O–H groups in total. The minimum Gasteiger partial charge on any atom is -0.363 e. The van der Waals surface area contributed by atoms with Crippen molar-refractivity contribution < 1.29 is 4.79 Å². The first-order valence-electron chi connectivity index (χ1n) is 9.69. The minimum atomic E-state index is 0.188. The van der Waals surface area contributed by atoms with Gasteiger partial charge in [-0.1, -0.05) is 36.4 Å². The number of pyridine rings is 1. The fraction of sp³-hybridized carbons (Fsp3) is 0.455. The first kappa shape index (κ1) is 18.0. The number of hydrogen-bond acceptors (Lipinski definition) is 4. The third kappa shape index (κ3) is 3.56. The van der Waals surface area contributed by atoms with Gasteiger partial charge >= 0.3 is 0 Å². The molecule has 0 unspecified atom stereocenters. The smallest absolute Gasteiger partial charge is 0.219 e. The van der Waals surface area contributed by atoms with Crippen LogP contribution in [0.15, 0.2) is 48.7 Å². The molecule has 4 rings (SSSR count). The van der Waals surface area contributed by atoms with Crippen LogP contribution in [0.1, 0.15) is 24.1 Å². The van der Waals surface area contributed by atoms with Crippen LogP contribution >= 0.6 is 0 Å². The Hall–Kier alpha value is -2.40. The molecule has 0 bridgehead atoms. The lowest BCUT2D eigenvalue weighted by molar-refractivity contribution is -0.130. The van der Waals surface area contributed by atoms with Crippen molar-refractivity contribution in [2.45, 2.75) is 19.5 Å². The van der Waals surface area contributed by atoms with Gasteiger partial charge in [-0.2, -0.15) is 0 Å².